The number of nitrogens with zero attached hydrogens (tertiary/aromatic N) is 5. The highest BCUT2D eigenvalue weighted by molar-refractivity contribution is 7.92. The molecule has 12 heteroatoms. The predicted molar refractivity (Wildman–Crippen MR) is 110 cm³/mol. The maximum absolute atomic E-state index is 13.2. The van der Waals surface area contributed by atoms with Crippen LogP contribution in [0, 0.1) is 12.8 Å². The van der Waals surface area contributed by atoms with Gasteiger partial charge >= 0.3 is 0 Å². The second-order valence-electron chi connectivity index (χ2n) is 7.24. The fourth-order valence-electron chi connectivity index (χ4n) is 3.18. The smallest absolute Gasteiger partial charge is 0.277 e. The standard InChI is InChI=1S/C19H23F2N5O4S/c1-4-25(17-10-26(23-13(17)2)15-6-5-7-22-9-15)18(27)16(24-30-3)12-31(28,29)11-14-8-19(14,20)21/h5-7,9-10,14H,4,8,11-12H2,1-3H3/b24-16-. The van der Waals surface area contributed by atoms with Crippen LogP contribution in [0.5, 0.6) is 0 Å². The van der Waals surface area contributed by atoms with Gasteiger partial charge in [0.05, 0.1) is 35.2 Å². The molecule has 0 spiro atoms. The van der Waals surface area contributed by atoms with E-state index in [1.165, 1.54) is 12.0 Å². The Bertz CT molecular complexity index is 1090. The van der Waals surface area contributed by atoms with Crippen molar-refractivity contribution in [1.29, 1.82) is 0 Å². The number of halogens is 2. The molecule has 1 fully saturated rings. The first-order valence-corrected chi connectivity index (χ1v) is 11.4. The summed E-state index contributed by atoms with van der Waals surface area (Å²) in [6, 6.07) is 3.53. The maximum Gasteiger partial charge on any atom is 0.277 e. The summed E-state index contributed by atoms with van der Waals surface area (Å²) < 4.78 is 52.7. The first-order chi connectivity index (χ1) is 14.6. The normalized spacial score (nSPS) is 18.0. The highest BCUT2D eigenvalue weighted by Crippen LogP contribution is 2.49. The number of aryl methyl sites for hydroxylation is 1. The first kappa shape index (κ1) is 22.8. The molecule has 3 rings (SSSR count). The molecule has 2 aromatic heterocycles. The number of aromatic nitrogens is 3. The van der Waals surface area contributed by atoms with Gasteiger partial charge in [0.15, 0.2) is 15.5 Å². The van der Waals surface area contributed by atoms with Crippen LogP contribution in [-0.4, -0.2) is 65.9 Å². The molecule has 1 atom stereocenters. The van der Waals surface area contributed by atoms with Gasteiger partial charge in [-0.3, -0.25) is 9.78 Å². The molecular formula is C19H23F2N5O4S. The number of oxime groups is 1. The Balaban J connectivity index is 1.84. The number of pyridine rings is 1. The third-order valence-electron chi connectivity index (χ3n) is 4.85. The minimum Gasteiger partial charge on any atom is -0.399 e. The average Bonchev–Trinajstić information content (AvgIpc) is 3.11. The monoisotopic (exact) mass is 455 g/mol. The Morgan fingerprint density at radius 2 is 2.16 bits per heavy atom. The van der Waals surface area contributed by atoms with Gasteiger partial charge in [0.25, 0.3) is 11.8 Å². The molecule has 0 aliphatic heterocycles. The number of alkyl halides is 2. The molecule has 1 aliphatic carbocycles. The van der Waals surface area contributed by atoms with E-state index >= 15 is 0 Å². The zero-order chi connectivity index (χ0) is 22.8. The van der Waals surface area contributed by atoms with Crippen LogP contribution in [-0.2, 0) is 19.5 Å². The fourth-order valence-corrected chi connectivity index (χ4v) is 4.86. The maximum atomic E-state index is 13.2. The Morgan fingerprint density at radius 1 is 1.45 bits per heavy atom. The van der Waals surface area contributed by atoms with E-state index in [0.29, 0.717) is 17.1 Å². The summed E-state index contributed by atoms with van der Waals surface area (Å²) in [6.45, 7) is 3.61. The van der Waals surface area contributed by atoms with Crippen LogP contribution in [0.2, 0.25) is 0 Å². The molecule has 0 aromatic carbocycles. The number of carbonyl (C=O) groups excluding carboxylic acids is 1. The highest BCUT2D eigenvalue weighted by atomic mass is 32.2. The van der Waals surface area contributed by atoms with E-state index in [1.807, 2.05) is 0 Å². The Labute approximate surface area is 178 Å². The van der Waals surface area contributed by atoms with E-state index in [2.05, 4.69) is 20.1 Å². The molecule has 2 heterocycles. The number of carbonyl (C=O) groups is 1. The second-order valence-corrected chi connectivity index (χ2v) is 9.35. The Hall–Kier alpha value is -2.89. The van der Waals surface area contributed by atoms with Crippen molar-refractivity contribution in [2.24, 2.45) is 11.1 Å². The van der Waals surface area contributed by atoms with Crippen molar-refractivity contribution in [3.05, 3.63) is 36.4 Å². The summed E-state index contributed by atoms with van der Waals surface area (Å²) in [6.07, 6.45) is 4.38. The average molecular weight is 455 g/mol. The minimum absolute atomic E-state index is 0.196. The lowest BCUT2D eigenvalue weighted by atomic mass is 10.3. The van der Waals surface area contributed by atoms with E-state index in [1.54, 1.807) is 49.3 Å². The van der Waals surface area contributed by atoms with Crippen molar-refractivity contribution < 1.29 is 26.8 Å². The van der Waals surface area contributed by atoms with Gasteiger partial charge in [0.1, 0.15) is 12.9 Å². The summed E-state index contributed by atoms with van der Waals surface area (Å²) in [5.74, 6) is -6.40. The van der Waals surface area contributed by atoms with E-state index in [9.17, 15) is 22.0 Å². The molecule has 1 amide bonds. The number of rotatable bonds is 9. The van der Waals surface area contributed by atoms with Crippen LogP contribution in [0.1, 0.15) is 19.0 Å². The van der Waals surface area contributed by atoms with Crippen molar-refractivity contribution in [3.63, 3.8) is 0 Å². The second kappa shape index (κ2) is 8.69. The van der Waals surface area contributed by atoms with Crippen LogP contribution in [0.4, 0.5) is 14.5 Å². The van der Waals surface area contributed by atoms with Gasteiger partial charge in [0.2, 0.25) is 0 Å². The number of amides is 1. The molecule has 168 valence electrons. The van der Waals surface area contributed by atoms with Crippen LogP contribution in [0.3, 0.4) is 0 Å². The molecule has 1 saturated carbocycles. The van der Waals surface area contributed by atoms with E-state index in [-0.39, 0.29) is 12.3 Å². The summed E-state index contributed by atoms with van der Waals surface area (Å²) in [5.41, 5.74) is 1.27. The highest BCUT2D eigenvalue weighted by Gasteiger charge is 2.58. The molecule has 2 aromatic rings. The molecule has 0 radical (unpaired) electrons. The summed E-state index contributed by atoms with van der Waals surface area (Å²) in [7, 11) is -2.82. The zero-order valence-electron chi connectivity index (χ0n) is 17.3. The predicted octanol–water partition coefficient (Wildman–Crippen LogP) is 2.00. The van der Waals surface area contributed by atoms with Crippen molar-refractivity contribution in [2.45, 2.75) is 26.2 Å². The fraction of sp³-hybridized carbons (Fsp3) is 0.474. The minimum atomic E-state index is -4.00. The van der Waals surface area contributed by atoms with E-state index < -0.39 is 45.5 Å². The first-order valence-electron chi connectivity index (χ1n) is 9.54. The molecule has 0 bridgehead atoms. The third-order valence-corrected chi connectivity index (χ3v) is 6.47. The molecule has 9 nitrogen and oxygen atoms in total. The lowest BCUT2D eigenvalue weighted by Crippen LogP contribution is -2.40. The Kier molecular flexibility index (Phi) is 6.39. The van der Waals surface area contributed by atoms with Crippen LogP contribution in [0.15, 0.2) is 35.9 Å². The number of sulfone groups is 1. The topological polar surface area (TPSA) is 107 Å². The lowest BCUT2D eigenvalue weighted by Gasteiger charge is -2.20. The van der Waals surface area contributed by atoms with Gasteiger partial charge in [-0.25, -0.2) is 21.9 Å². The van der Waals surface area contributed by atoms with Crippen LogP contribution < -0.4 is 4.90 Å². The van der Waals surface area contributed by atoms with Crippen LogP contribution in [0.25, 0.3) is 5.69 Å². The van der Waals surface area contributed by atoms with Crippen molar-refractivity contribution in [2.75, 3.05) is 30.1 Å². The van der Waals surface area contributed by atoms with Gasteiger partial charge in [0, 0.05) is 25.1 Å². The number of anilines is 1. The van der Waals surface area contributed by atoms with Gasteiger partial charge in [-0.05, 0) is 26.0 Å². The van der Waals surface area contributed by atoms with Gasteiger partial charge < -0.3 is 9.74 Å². The van der Waals surface area contributed by atoms with Crippen LogP contribution >= 0.6 is 0 Å². The van der Waals surface area contributed by atoms with E-state index in [0.717, 1.165) is 0 Å². The molecule has 0 N–H and O–H groups in total. The number of hydrogen-bond acceptors (Lipinski definition) is 7. The molecular weight excluding hydrogens is 432 g/mol. The van der Waals surface area contributed by atoms with Gasteiger partial charge in [-0.15, -0.1) is 0 Å². The summed E-state index contributed by atoms with van der Waals surface area (Å²) in [5, 5.41) is 7.97. The zero-order valence-corrected chi connectivity index (χ0v) is 18.1. The van der Waals surface area contributed by atoms with Gasteiger partial charge in [-0.2, -0.15) is 5.10 Å². The third kappa shape index (κ3) is 5.24. The quantitative estimate of drug-likeness (QED) is 0.423. The van der Waals surface area contributed by atoms with Crippen molar-refractivity contribution in [1.82, 2.24) is 14.8 Å². The van der Waals surface area contributed by atoms with Crippen molar-refractivity contribution >= 4 is 27.1 Å². The van der Waals surface area contributed by atoms with Gasteiger partial charge in [-0.1, -0.05) is 5.16 Å². The molecule has 0 saturated heterocycles. The largest absolute Gasteiger partial charge is 0.399 e. The molecule has 1 unspecified atom stereocenters. The SMILES string of the molecule is CCN(C(=O)/C(CS(=O)(=O)CC1CC1(F)F)=N\OC)c1cn(-c2cccnc2)nc1C. The molecule has 31 heavy (non-hydrogen) atoms. The lowest BCUT2D eigenvalue weighted by molar-refractivity contribution is -0.112. The Morgan fingerprint density at radius 3 is 2.71 bits per heavy atom. The summed E-state index contributed by atoms with van der Waals surface area (Å²) >= 11 is 0. The number of hydrogen-bond donors (Lipinski definition) is 0. The van der Waals surface area contributed by atoms with E-state index in [4.69, 9.17) is 0 Å². The molecule has 1 aliphatic rings. The van der Waals surface area contributed by atoms with Crippen molar-refractivity contribution in [3.8, 4) is 5.69 Å². The summed E-state index contributed by atoms with van der Waals surface area (Å²) in [4.78, 5) is 23.1.